The van der Waals surface area contributed by atoms with Gasteiger partial charge in [0.05, 0.1) is 11.6 Å². The van der Waals surface area contributed by atoms with Gasteiger partial charge in [-0.15, -0.1) is 0 Å². The van der Waals surface area contributed by atoms with E-state index in [-0.39, 0.29) is 11.3 Å². The largest absolute Gasteiger partial charge is 0.507 e. The van der Waals surface area contributed by atoms with E-state index < -0.39 is 17.7 Å². The molecule has 1 atom stereocenters. The SMILES string of the molecule is CCc1ccc(C2/C(=C(\O)c3ccc(OCc4ccccc4)cc3C)C(=O)C(=O)N2CCCN(C)C)cc1. The molecule has 6 heteroatoms. The molecule has 38 heavy (non-hydrogen) atoms. The molecule has 1 aliphatic rings. The van der Waals surface area contributed by atoms with E-state index in [1.807, 2.05) is 86.6 Å². The van der Waals surface area contributed by atoms with E-state index in [0.717, 1.165) is 36.1 Å². The normalized spacial score (nSPS) is 16.9. The second-order valence-corrected chi connectivity index (χ2v) is 10.00. The zero-order valence-corrected chi connectivity index (χ0v) is 22.6. The summed E-state index contributed by atoms with van der Waals surface area (Å²) in [6, 6.07) is 22.6. The van der Waals surface area contributed by atoms with Gasteiger partial charge in [-0.1, -0.05) is 61.5 Å². The molecule has 1 N–H and O–H groups in total. The fraction of sp³-hybridized carbons (Fsp3) is 0.312. The van der Waals surface area contributed by atoms with E-state index in [2.05, 4.69) is 6.92 Å². The smallest absolute Gasteiger partial charge is 0.295 e. The van der Waals surface area contributed by atoms with Crippen molar-refractivity contribution in [1.82, 2.24) is 9.80 Å². The number of Topliss-reactive ketones (excluding diaryl/α,β-unsaturated/α-hetero) is 1. The lowest BCUT2D eigenvalue weighted by Gasteiger charge is -2.26. The van der Waals surface area contributed by atoms with Crippen LogP contribution in [-0.2, 0) is 22.6 Å². The number of rotatable bonds is 10. The second-order valence-electron chi connectivity index (χ2n) is 10.00. The van der Waals surface area contributed by atoms with Gasteiger partial charge >= 0.3 is 0 Å². The molecule has 1 saturated heterocycles. The van der Waals surface area contributed by atoms with Crippen LogP contribution in [-0.4, -0.2) is 53.8 Å². The number of aliphatic hydroxyl groups is 1. The van der Waals surface area contributed by atoms with Crippen LogP contribution in [0.5, 0.6) is 5.75 Å². The molecule has 0 aliphatic carbocycles. The van der Waals surface area contributed by atoms with Gasteiger partial charge in [-0.3, -0.25) is 9.59 Å². The number of carbonyl (C=O) groups excluding carboxylic acids is 2. The molecule has 0 radical (unpaired) electrons. The molecule has 0 aromatic heterocycles. The van der Waals surface area contributed by atoms with Crippen LogP contribution in [0.1, 0.15) is 47.2 Å². The molecule has 3 aromatic carbocycles. The molecule has 1 amide bonds. The van der Waals surface area contributed by atoms with Crippen LogP contribution >= 0.6 is 0 Å². The Bertz CT molecular complexity index is 1310. The lowest BCUT2D eigenvalue weighted by Crippen LogP contribution is -2.32. The maximum absolute atomic E-state index is 13.3. The van der Waals surface area contributed by atoms with Gasteiger partial charge < -0.3 is 19.6 Å². The van der Waals surface area contributed by atoms with Crippen LogP contribution in [0.4, 0.5) is 0 Å². The molecule has 0 bridgehead atoms. The molecule has 0 spiro atoms. The molecule has 1 unspecified atom stereocenters. The first-order chi connectivity index (χ1) is 18.3. The standard InChI is InChI=1S/C32H36N2O4/c1-5-23-12-14-25(15-13-23)29-28(31(36)32(37)34(29)19-9-18-33(3)4)30(35)27-17-16-26(20-22(27)2)38-21-24-10-7-6-8-11-24/h6-8,10-17,20,29,35H,5,9,18-19,21H2,1-4H3/b30-28+. The first kappa shape index (κ1) is 27.1. The van der Waals surface area contributed by atoms with Crippen molar-refractivity contribution in [1.29, 1.82) is 0 Å². The minimum Gasteiger partial charge on any atom is -0.507 e. The Morgan fingerprint density at radius 2 is 1.68 bits per heavy atom. The van der Waals surface area contributed by atoms with E-state index in [1.54, 1.807) is 17.0 Å². The van der Waals surface area contributed by atoms with Gasteiger partial charge in [-0.2, -0.15) is 0 Å². The molecule has 3 aromatic rings. The molecule has 198 valence electrons. The van der Waals surface area contributed by atoms with Crippen LogP contribution in [0.25, 0.3) is 5.76 Å². The minimum absolute atomic E-state index is 0.130. The van der Waals surface area contributed by atoms with E-state index in [4.69, 9.17) is 4.74 Å². The van der Waals surface area contributed by atoms with Gasteiger partial charge in [-0.05, 0) is 80.9 Å². The Labute approximate surface area is 225 Å². The first-order valence-electron chi connectivity index (χ1n) is 13.1. The number of ketones is 1. The molecule has 6 nitrogen and oxygen atoms in total. The number of ether oxygens (including phenoxy) is 1. The van der Waals surface area contributed by atoms with E-state index >= 15 is 0 Å². The van der Waals surface area contributed by atoms with Crippen LogP contribution in [0.15, 0.2) is 78.4 Å². The number of carbonyl (C=O) groups is 2. The molecule has 1 aliphatic heterocycles. The molecule has 1 heterocycles. The first-order valence-corrected chi connectivity index (χ1v) is 13.1. The highest BCUT2D eigenvalue weighted by Crippen LogP contribution is 2.40. The zero-order valence-electron chi connectivity index (χ0n) is 22.6. The highest BCUT2D eigenvalue weighted by molar-refractivity contribution is 6.46. The van der Waals surface area contributed by atoms with E-state index in [0.29, 0.717) is 24.5 Å². The number of aryl methyl sites for hydroxylation is 2. The molecule has 4 rings (SSSR count). The number of benzene rings is 3. The van der Waals surface area contributed by atoms with Crippen molar-refractivity contribution in [2.45, 2.75) is 39.3 Å². The van der Waals surface area contributed by atoms with Gasteiger partial charge in [0.25, 0.3) is 11.7 Å². The van der Waals surface area contributed by atoms with Gasteiger partial charge in [0, 0.05) is 12.1 Å². The summed E-state index contributed by atoms with van der Waals surface area (Å²) >= 11 is 0. The van der Waals surface area contributed by atoms with E-state index in [1.165, 1.54) is 5.56 Å². The monoisotopic (exact) mass is 512 g/mol. The van der Waals surface area contributed by atoms with Crippen molar-refractivity contribution in [3.05, 3.63) is 106 Å². The summed E-state index contributed by atoms with van der Waals surface area (Å²) in [5.41, 5.74) is 4.43. The van der Waals surface area contributed by atoms with Crippen molar-refractivity contribution in [2.75, 3.05) is 27.2 Å². The zero-order chi connectivity index (χ0) is 27.2. The number of hydrogen-bond acceptors (Lipinski definition) is 5. The molecule has 0 saturated carbocycles. The van der Waals surface area contributed by atoms with Crippen molar-refractivity contribution in [3.8, 4) is 5.75 Å². The summed E-state index contributed by atoms with van der Waals surface area (Å²) < 4.78 is 5.93. The Hall–Kier alpha value is -3.90. The highest BCUT2D eigenvalue weighted by Gasteiger charge is 2.45. The van der Waals surface area contributed by atoms with Crippen molar-refractivity contribution >= 4 is 17.4 Å². The molecule has 1 fully saturated rings. The summed E-state index contributed by atoms with van der Waals surface area (Å²) in [6.07, 6.45) is 1.61. The quantitative estimate of drug-likeness (QED) is 0.220. The summed E-state index contributed by atoms with van der Waals surface area (Å²) in [5.74, 6) is -0.718. The van der Waals surface area contributed by atoms with Gasteiger partial charge in [0.1, 0.15) is 18.1 Å². The fourth-order valence-electron chi connectivity index (χ4n) is 4.83. The Morgan fingerprint density at radius 3 is 2.32 bits per heavy atom. The average molecular weight is 513 g/mol. The van der Waals surface area contributed by atoms with Crippen LogP contribution < -0.4 is 4.74 Å². The number of nitrogens with zero attached hydrogens (tertiary/aromatic N) is 2. The van der Waals surface area contributed by atoms with Crippen LogP contribution in [0.2, 0.25) is 0 Å². The lowest BCUT2D eigenvalue weighted by atomic mass is 9.93. The third kappa shape index (κ3) is 5.97. The van der Waals surface area contributed by atoms with Crippen molar-refractivity contribution in [2.24, 2.45) is 0 Å². The lowest BCUT2D eigenvalue weighted by molar-refractivity contribution is -0.139. The molecular weight excluding hydrogens is 476 g/mol. The Morgan fingerprint density at radius 1 is 0.974 bits per heavy atom. The van der Waals surface area contributed by atoms with Crippen molar-refractivity contribution < 1.29 is 19.4 Å². The average Bonchev–Trinajstić information content (AvgIpc) is 3.17. The third-order valence-corrected chi connectivity index (χ3v) is 6.95. The summed E-state index contributed by atoms with van der Waals surface area (Å²) in [6.45, 7) is 5.58. The van der Waals surface area contributed by atoms with Gasteiger partial charge in [0.2, 0.25) is 0 Å². The predicted octanol–water partition coefficient (Wildman–Crippen LogP) is 5.51. The third-order valence-electron chi connectivity index (χ3n) is 6.95. The summed E-state index contributed by atoms with van der Waals surface area (Å²) in [4.78, 5) is 30.2. The number of likely N-dealkylation sites (tertiary alicyclic amines) is 1. The van der Waals surface area contributed by atoms with Gasteiger partial charge in [0.15, 0.2) is 0 Å². The number of hydrogen-bond donors (Lipinski definition) is 1. The minimum atomic E-state index is -0.652. The molecular formula is C32H36N2O4. The number of amides is 1. The number of aliphatic hydroxyl groups excluding tert-OH is 1. The second kappa shape index (κ2) is 12.1. The Kier molecular flexibility index (Phi) is 8.64. The summed E-state index contributed by atoms with van der Waals surface area (Å²) in [5, 5.41) is 11.5. The predicted molar refractivity (Wildman–Crippen MR) is 150 cm³/mol. The maximum Gasteiger partial charge on any atom is 0.295 e. The maximum atomic E-state index is 13.3. The topological polar surface area (TPSA) is 70.1 Å². The van der Waals surface area contributed by atoms with Crippen LogP contribution in [0.3, 0.4) is 0 Å². The van der Waals surface area contributed by atoms with Gasteiger partial charge in [-0.25, -0.2) is 0 Å². The Balaban J connectivity index is 1.68. The van der Waals surface area contributed by atoms with E-state index in [9.17, 15) is 14.7 Å². The fourth-order valence-corrected chi connectivity index (χ4v) is 4.83. The van der Waals surface area contributed by atoms with Crippen LogP contribution in [0, 0.1) is 6.92 Å². The highest BCUT2D eigenvalue weighted by atomic mass is 16.5. The van der Waals surface area contributed by atoms with Crippen molar-refractivity contribution in [3.63, 3.8) is 0 Å². The summed E-state index contributed by atoms with van der Waals surface area (Å²) in [7, 11) is 3.95.